The number of hydrogen-bond donors (Lipinski definition) is 1. The van der Waals surface area contributed by atoms with Gasteiger partial charge in [0.2, 0.25) is 0 Å². The fourth-order valence-electron chi connectivity index (χ4n) is 2.16. The predicted octanol–water partition coefficient (Wildman–Crippen LogP) is 4.22. The Bertz CT molecular complexity index is 756. The second-order valence-corrected chi connectivity index (χ2v) is 5.13. The molecule has 0 unspecified atom stereocenters. The zero-order valence-electron chi connectivity index (χ0n) is 11.3. The summed E-state index contributed by atoms with van der Waals surface area (Å²) >= 11 is 5.98. The molecular formula is C17H14ClNO2. The molecule has 4 heteroatoms. The second kappa shape index (κ2) is 6.12. The maximum atomic E-state index is 8.92. The molecule has 0 aliphatic carbocycles. The van der Waals surface area contributed by atoms with Gasteiger partial charge in [0, 0.05) is 23.2 Å². The van der Waals surface area contributed by atoms with Crippen LogP contribution in [0.5, 0.6) is 11.5 Å². The molecule has 0 spiro atoms. The van der Waals surface area contributed by atoms with Crippen LogP contribution in [-0.4, -0.2) is 16.7 Å². The van der Waals surface area contributed by atoms with E-state index in [1.54, 1.807) is 6.20 Å². The summed E-state index contributed by atoms with van der Waals surface area (Å²) in [6.07, 6.45) is 2.35. The van der Waals surface area contributed by atoms with Crippen molar-refractivity contribution < 1.29 is 9.84 Å². The Morgan fingerprint density at radius 3 is 2.62 bits per heavy atom. The average Bonchev–Trinajstić information content (AvgIpc) is 2.49. The highest BCUT2D eigenvalue weighted by Crippen LogP contribution is 2.30. The number of halogens is 1. The molecule has 1 heterocycles. The summed E-state index contributed by atoms with van der Waals surface area (Å²) in [6.45, 7) is 0.149. The van der Waals surface area contributed by atoms with Crippen molar-refractivity contribution in [3.05, 3.63) is 65.3 Å². The van der Waals surface area contributed by atoms with E-state index in [0.29, 0.717) is 11.4 Å². The molecule has 0 radical (unpaired) electrons. The number of hydrogen-bond acceptors (Lipinski definition) is 3. The molecule has 0 amide bonds. The van der Waals surface area contributed by atoms with Crippen LogP contribution >= 0.6 is 11.6 Å². The van der Waals surface area contributed by atoms with Gasteiger partial charge in [0.1, 0.15) is 11.5 Å². The molecule has 3 rings (SSSR count). The molecule has 0 aliphatic heterocycles. The van der Waals surface area contributed by atoms with Gasteiger partial charge in [-0.25, -0.2) is 0 Å². The van der Waals surface area contributed by atoms with Crippen LogP contribution in [0.1, 0.15) is 5.56 Å². The molecule has 0 saturated heterocycles. The lowest BCUT2D eigenvalue weighted by Gasteiger charge is -2.09. The number of aromatic nitrogens is 1. The van der Waals surface area contributed by atoms with Crippen LogP contribution in [0.2, 0.25) is 5.02 Å². The number of fused-ring (bicyclic) bond motifs is 1. The van der Waals surface area contributed by atoms with E-state index in [-0.39, 0.29) is 6.61 Å². The lowest BCUT2D eigenvalue weighted by Crippen LogP contribution is -1.91. The van der Waals surface area contributed by atoms with Crippen molar-refractivity contribution in [3.8, 4) is 11.5 Å². The monoisotopic (exact) mass is 299 g/mol. The van der Waals surface area contributed by atoms with Gasteiger partial charge in [-0.1, -0.05) is 23.7 Å². The van der Waals surface area contributed by atoms with Crippen LogP contribution < -0.4 is 4.74 Å². The maximum Gasteiger partial charge on any atom is 0.138 e. The Morgan fingerprint density at radius 1 is 1.05 bits per heavy atom. The fraction of sp³-hybridized carbons (Fsp3) is 0.118. The number of benzene rings is 2. The highest BCUT2D eigenvalue weighted by molar-refractivity contribution is 6.31. The van der Waals surface area contributed by atoms with Crippen LogP contribution in [0.15, 0.2) is 54.7 Å². The van der Waals surface area contributed by atoms with Gasteiger partial charge in [-0.15, -0.1) is 0 Å². The molecule has 0 aliphatic rings. The Hall–Kier alpha value is -2.10. The number of pyridine rings is 1. The topological polar surface area (TPSA) is 42.4 Å². The summed E-state index contributed by atoms with van der Waals surface area (Å²) in [6, 6.07) is 15.1. The largest absolute Gasteiger partial charge is 0.457 e. The minimum Gasteiger partial charge on any atom is -0.457 e. The van der Waals surface area contributed by atoms with Crippen LogP contribution in [-0.2, 0) is 6.42 Å². The maximum absolute atomic E-state index is 8.92. The zero-order valence-corrected chi connectivity index (χ0v) is 12.0. The van der Waals surface area contributed by atoms with E-state index in [1.165, 1.54) is 0 Å². The van der Waals surface area contributed by atoms with Gasteiger partial charge in [0.05, 0.1) is 5.52 Å². The molecular weight excluding hydrogens is 286 g/mol. The number of aliphatic hydroxyl groups excluding tert-OH is 1. The first kappa shape index (κ1) is 13.9. The van der Waals surface area contributed by atoms with E-state index >= 15 is 0 Å². The van der Waals surface area contributed by atoms with E-state index < -0.39 is 0 Å². The molecule has 1 N–H and O–H groups in total. The molecule has 21 heavy (non-hydrogen) atoms. The first-order valence-electron chi connectivity index (χ1n) is 6.68. The normalized spacial score (nSPS) is 10.8. The SMILES string of the molecule is OCCc1ccc(Oc2ccnc3cc(Cl)ccc23)cc1. The Morgan fingerprint density at radius 2 is 1.86 bits per heavy atom. The second-order valence-electron chi connectivity index (χ2n) is 4.69. The highest BCUT2D eigenvalue weighted by atomic mass is 35.5. The Labute approximate surface area is 127 Å². The molecule has 1 aromatic heterocycles. The van der Waals surface area contributed by atoms with Crippen LogP contribution in [0, 0.1) is 0 Å². The van der Waals surface area contributed by atoms with Crippen molar-refractivity contribution in [2.45, 2.75) is 6.42 Å². The van der Waals surface area contributed by atoms with Crippen LogP contribution in [0.25, 0.3) is 10.9 Å². The van der Waals surface area contributed by atoms with Crippen molar-refractivity contribution in [2.24, 2.45) is 0 Å². The van der Waals surface area contributed by atoms with E-state index in [0.717, 1.165) is 28.0 Å². The zero-order chi connectivity index (χ0) is 14.7. The number of rotatable bonds is 4. The van der Waals surface area contributed by atoms with Gasteiger partial charge in [0.25, 0.3) is 0 Å². The van der Waals surface area contributed by atoms with Gasteiger partial charge in [-0.2, -0.15) is 0 Å². The lowest BCUT2D eigenvalue weighted by molar-refractivity contribution is 0.299. The first-order valence-corrected chi connectivity index (χ1v) is 7.06. The number of ether oxygens (including phenoxy) is 1. The van der Waals surface area contributed by atoms with Gasteiger partial charge in [-0.3, -0.25) is 4.98 Å². The Kier molecular flexibility index (Phi) is 4.04. The van der Waals surface area contributed by atoms with Gasteiger partial charge >= 0.3 is 0 Å². The molecule has 3 nitrogen and oxygen atoms in total. The van der Waals surface area contributed by atoms with Crippen molar-refractivity contribution in [1.29, 1.82) is 0 Å². The standard InChI is InChI=1S/C17H14ClNO2/c18-13-3-6-15-16(11-13)19-9-7-17(15)21-14-4-1-12(2-5-14)8-10-20/h1-7,9,11,20H,8,10H2. The fourth-order valence-corrected chi connectivity index (χ4v) is 2.33. The van der Waals surface area contributed by atoms with Crippen molar-refractivity contribution >= 4 is 22.5 Å². The molecule has 0 saturated carbocycles. The molecule has 106 valence electrons. The van der Waals surface area contributed by atoms with E-state index in [1.807, 2.05) is 48.5 Å². The first-order chi connectivity index (χ1) is 10.3. The minimum absolute atomic E-state index is 0.149. The quantitative estimate of drug-likeness (QED) is 0.784. The van der Waals surface area contributed by atoms with E-state index in [9.17, 15) is 0 Å². The molecule has 0 atom stereocenters. The summed E-state index contributed by atoms with van der Waals surface area (Å²) in [7, 11) is 0. The summed E-state index contributed by atoms with van der Waals surface area (Å²) < 4.78 is 5.92. The van der Waals surface area contributed by atoms with Crippen molar-refractivity contribution in [2.75, 3.05) is 6.61 Å². The van der Waals surface area contributed by atoms with E-state index in [4.69, 9.17) is 21.4 Å². The smallest absolute Gasteiger partial charge is 0.138 e. The minimum atomic E-state index is 0.149. The lowest BCUT2D eigenvalue weighted by atomic mass is 10.1. The summed E-state index contributed by atoms with van der Waals surface area (Å²) in [5.41, 5.74) is 1.88. The van der Waals surface area contributed by atoms with Gasteiger partial charge in [0.15, 0.2) is 0 Å². The predicted molar refractivity (Wildman–Crippen MR) is 84.1 cm³/mol. The molecule has 0 bridgehead atoms. The summed E-state index contributed by atoms with van der Waals surface area (Å²) in [5.74, 6) is 1.49. The van der Waals surface area contributed by atoms with Gasteiger partial charge < -0.3 is 9.84 Å². The number of aliphatic hydroxyl groups is 1. The molecule has 0 fully saturated rings. The highest BCUT2D eigenvalue weighted by Gasteiger charge is 2.05. The van der Waals surface area contributed by atoms with E-state index in [2.05, 4.69) is 4.98 Å². The molecule has 3 aromatic rings. The van der Waals surface area contributed by atoms with Gasteiger partial charge in [-0.05, 0) is 48.4 Å². The molecule has 2 aromatic carbocycles. The van der Waals surface area contributed by atoms with Crippen LogP contribution in [0.3, 0.4) is 0 Å². The third-order valence-electron chi connectivity index (χ3n) is 3.22. The van der Waals surface area contributed by atoms with Crippen molar-refractivity contribution in [1.82, 2.24) is 4.98 Å². The summed E-state index contributed by atoms with van der Waals surface area (Å²) in [5, 5.41) is 10.5. The summed E-state index contributed by atoms with van der Waals surface area (Å²) in [4.78, 5) is 4.29. The third kappa shape index (κ3) is 3.15. The van der Waals surface area contributed by atoms with Crippen LogP contribution in [0.4, 0.5) is 0 Å². The number of nitrogens with zero attached hydrogens (tertiary/aromatic N) is 1. The average molecular weight is 300 g/mol. The van der Waals surface area contributed by atoms with Crippen molar-refractivity contribution in [3.63, 3.8) is 0 Å². The third-order valence-corrected chi connectivity index (χ3v) is 3.45. The Balaban J connectivity index is 1.90.